The van der Waals surface area contributed by atoms with Crippen LogP contribution < -0.4 is 5.73 Å². The Morgan fingerprint density at radius 1 is 1.24 bits per heavy atom. The number of nitrogen functional groups attached to an aromatic ring is 1. The molecule has 96 valence electrons. The molecule has 0 spiro atoms. The first-order valence-corrected chi connectivity index (χ1v) is 7.52. The van der Waals surface area contributed by atoms with Crippen LogP contribution in [0.25, 0.3) is 0 Å². The van der Waals surface area contributed by atoms with E-state index in [0.29, 0.717) is 5.69 Å². The van der Waals surface area contributed by atoms with Crippen molar-refractivity contribution in [1.82, 2.24) is 0 Å². The van der Waals surface area contributed by atoms with Crippen LogP contribution in [0, 0.1) is 12.8 Å². The van der Waals surface area contributed by atoms with E-state index in [1.54, 1.807) is 19.1 Å². The van der Waals surface area contributed by atoms with Gasteiger partial charge >= 0.3 is 0 Å². The largest absolute Gasteiger partial charge is 0.399 e. The van der Waals surface area contributed by atoms with Crippen LogP contribution in [0.5, 0.6) is 0 Å². The van der Waals surface area contributed by atoms with Crippen molar-refractivity contribution >= 4 is 15.5 Å². The molecule has 0 aromatic heterocycles. The van der Waals surface area contributed by atoms with Gasteiger partial charge in [-0.3, -0.25) is 0 Å². The lowest BCUT2D eigenvalue weighted by Gasteiger charge is -2.17. The fourth-order valence-electron chi connectivity index (χ4n) is 1.62. The smallest absolute Gasteiger partial charge is 0.157 e. The molecule has 17 heavy (non-hydrogen) atoms. The van der Waals surface area contributed by atoms with Crippen LogP contribution in [0.3, 0.4) is 0 Å². The summed E-state index contributed by atoms with van der Waals surface area (Å²) in [4.78, 5) is 0. The molecule has 0 aliphatic carbocycles. The zero-order chi connectivity index (χ0) is 13.2. The lowest BCUT2D eigenvalue weighted by molar-refractivity contribution is 0.545. The van der Waals surface area contributed by atoms with Crippen LogP contribution in [0.2, 0.25) is 0 Å². The molecule has 3 nitrogen and oxygen atoms in total. The minimum absolute atomic E-state index is 0.0726. The van der Waals surface area contributed by atoms with E-state index in [4.69, 9.17) is 5.73 Å². The maximum atomic E-state index is 12.2. The van der Waals surface area contributed by atoms with Crippen LogP contribution >= 0.6 is 0 Å². The molecule has 2 N–H and O–H groups in total. The number of anilines is 1. The topological polar surface area (TPSA) is 60.2 Å². The molecule has 1 aromatic carbocycles. The summed E-state index contributed by atoms with van der Waals surface area (Å²) in [6.07, 6.45) is 0. The molecule has 1 rings (SSSR count). The SMILES string of the molecule is Cc1c(N)cccc1CS(=O)(=O)C(C)C(C)C. The Bertz CT molecular complexity index is 492. The van der Waals surface area contributed by atoms with Crippen molar-refractivity contribution in [3.05, 3.63) is 29.3 Å². The molecule has 0 aliphatic heterocycles. The van der Waals surface area contributed by atoms with E-state index in [1.807, 2.05) is 26.8 Å². The molecule has 0 bridgehead atoms. The number of hydrogen-bond acceptors (Lipinski definition) is 3. The van der Waals surface area contributed by atoms with Gasteiger partial charge in [0.1, 0.15) is 0 Å². The highest BCUT2D eigenvalue weighted by molar-refractivity contribution is 7.91. The second kappa shape index (κ2) is 5.08. The third-order valence-corrected chi connectivity index (χ3v) is 5.74. The molecule has 4 heteroatoms. The summed E-state index contributed by atoms with van der Waals surface area (Å²) < 4.78 is 24.3. The quantitative estimate of drug-likeness (QED) is 0.841. The van der Waals surface area contributed by atoms with Gasteiger partial charge in [-0.15, -0.1) is 0 Å². The van der Waals surface area contributed by atoms with Gasteiger partial charge in [0.05, 0.1) is 11.0 Å². The zero-order valence-corrected chi connectivity index (χ0v) is 11.7. The Morgan fingerprint density at radius 3 is 2.35 bits per heavy atom. The summed E-state index contributed by atoms with van der Waals surface area (Å²) >= 11 is 0. The third-order valence-electron chi connectivity index (χ3n) is 3.35. The second-order valence-electron chi connectivity index (χ2n) is 4.89. The van der Waals surface area contributed by atoms with Crippen molar-refractivity contribution < 1.29 is 8.42 Å². The van der Waals surface area contributed by atoms with Crippen LogP contribution in [-0.4, -0.2) is 13.7 Å². The average molecular weight is 255 g/mol. The van der Waals surface area contributed by atoms with Crippen molar-refractivity contribution in [1.29, 1.82) is 0 Å². The normalized spacial score (nSPS) is 13.9. The number of hydrogen-bond donors (Lipinski definition) is 1. The lowest BCUT2D eigenvalue weighted by Crippen LogP contribution is -2.25. The molecular weight excluding hydrogens is 234 g/mol. The summed E-state index contributed by atoms with van der Waals surface area (Å²) in [5.74, 6) is 0.199. The Kier molecular flexibility index (Phi) is 4.20. The van der Waals surface area contributed by atoms with Crippen molar-refractivity contribution in [3.8, 4) is 0 Å². The van der Waals surface area contributed by atoms with Crippen LogP contribution in [0.4, 0.5) is 5.69 Å². The van der Waals surface area contributed by atoms with Gasteiger partial charge in [0.2, 0.25) is 0 Å². The van der Waals surface area contributed by atoms with Gasteiger partial charge < -0.3 is 5.73 Å². The molecule has 0 saturated heterocycles. The van der Waals surface area contributed by atoms with E-state index in [9.17, 15) is 8.42 Å². The van der Waals surface area contributed by atoms with Crippen molar-refractivity contribution in [3.63, 3.8) is 0 Å². The Morgan fingerprint density at radius 2 is 1.82 bits per heavy atom. The first-order valence-electron chi connectivity index (χ1n) is 5.81. The number of rotatable bonds is 4. The van der Waals surface area contributed by atoms with Gasteiger partial charge in [-0.25, -0.2) is 8.42 Å². The first-order chi connectivity index (χ1) is 7.75. The highest BCUT2D eigenvalue weighted by Crippen LogP contribution is 2.22. The standard InChI is InChI=1S/C13H21NO2S/c1-9(2)11(4)17(15,16)8-12-6-5-7-13(14)10(12)3/h5-7,9,11H,8,14H2,1-4H3. The summed E-state index contributed by atoms with van der Waals surface area (Å²) in [7, 11) is -3.11. The molecule has 1 aromatic rings. The van der Waals surface area contributed by atoms with Gasteiger partial charge in [-0.1, -0.05) is 26.0 Å². The summed E-state index contributed by atoms with van der Waals surface area (Å²) in [5, 5.41) is -0.330. The van der Waals surface area contributed by atoms with Gasteiger partial charge in [0, 0.05) is 5.69 Å². The van der Waals surface area contributed by atoms with Gasteiger partial charge in [0.25, 0.3) is 0 Å². The average Bonchev–Trinajstić information content (AvgIpc) is 2.23. The van der Waals surface area contributed by atoms with Crippen molar-refractivity contribution in [2.24, 2.45) is 5.92 Å². The van der Waals surface area contributed by atoms with E-state index >= 15 is 0 Å². The van der Waals surface area contributed by atoms with Crippen molar-refractivity contribution in [2.45, 2.75) is 38.7 Å². The van der Waals surface area contributed by atoms with Gasteiger partial charge in [-0.05, 0) is 37.0 Å². The summed E-state index contributed by atoms with van der Waals surface area (Å²) in [5.41, 5.74) is 8.10. The Labute approximate surface area is 104 Å². The van der Waals surface area contributed by atoms with Crippen LogP contribution in [0.1, 0.15) is 31.9 Å². The van der Waals surface area contributed by atoms with Gasteiger partial charge in [-0.2, -0.15) is 0 Å². The number of benzene rings is 1. The van der Waals surface area contributed by atoms with E-state index < -0.39 is 9.84 Å². The number of sulfone groups is 1. The molecule has 1 unspecified atom stereocenters. The maximum Gasteiger partial charge on any atom is 0.157 e. The summed E-state index contributed by atoms with van der Waals surface area (Å²) in [6, 6.07) is 5.42. The third kappa shape index (κ3) is 3.22. The van der Waals surface area contributed by atoms with E-state index in [-0.39, 0.29) is 16.9 Å². The molecule has 0 amide bonds. The summed E-state index contributed by atoms with van der Waals surface area (Å²) in [6.45, 7) is 7.48. The second-order valence-corrected chi connectivity index (χ2v) is 7.25. The Hall–Kier alpha value is -1.03. The predicted molar refractivity (Wildman–Crippen MR) is 72.5 cm³/mol. The highest BCUT2D eigenvalue weighted by atomic mass is 32.2. The fraction of sp³-hybridized carbons (Fsp3) is 0.538. The molecule has 0 aliphatic rings. The highest BCUT2D eigenvalue weighted by Gasteiger charge is 2.24. The Balaban J connectivity index is 3.03. The van der Waals surface area contributed by atoms with Crippen molar-refractivity contribution in [2.75, 3.05) is 5.73 Å². The minimum Gasteiger partial charge on any atom is -0.399 e. The monoisotopic (exact) mass is 255 g/mol. The van der Waals surface area contributed by atoms with Crippen LogP contribution in [0.15, 0.2) is 18.2 Å². The molecular formula is C13H21NO2S. The molecule has 1 atom stereocenters. The van der Waals surface area contributed by atoms with Crippen LogP contribution in [-0.2, 0) is 15.6 Å². The first kappa shape index (κ1) is 14.0. The molecule has 0 heterocycles. The fourth-order valence-corrected chi connectivity index (χ4v) is 3.46. The molecule has 0 fully saturated rings. The predicted octanol–water partition coefficient (Wildman–Crippen LogP) is 2.54. The van der Waals surface area contributed by atoms with E-state index in [1.165, 1.54) is 0 Å². The maximum absolute atomic E-state index is 12.2. The van der Waals surface area contributed by atoms with E-state index in [0.717, 1.165) is 11.1 Å². The van der Waals surface area contributed by atoms with Gasteiger partial charge in [0.15, 0.2) is 9.84 Å². The zero-order valence-electron chi connectivity index (χ0n) is 10.9. The molecule has 0 saturated carbocycles. The lowest BCUT2D eigenvalue weighted by atomic mass is 10.1. The number of nitrogens with two attached hydrogens (primary N) is 1. The van der Waals surface area contributed by atoms with E-state index in [2.05, 4.69) is 0 Å². The molecule has 0 radical (unpaired) electrons. The minimum atomic E-state index is -3.11.